The first-order valence-electron chi connectivity index (χ1n) is 7.78. The van der Waals surface area contributed by atoms with Crippen molar-refractivity contribution in [3.63, 3.8) is 0 Å². The summed E-state index contributed by atoms with van der Waals surface area (Å²) >= 11 is 0. The fraction of sp³-hybridized carbons (Fsp3) is 0.647. The van der Waals surface area contributed by atoms with Gasteiger partial charge in [0.2, 0.25) is 0 Å². The van der Waals surface area contributed by atoms with Gasteiger partial charge in [-0.1, -0.05) is 44.7 Å². The van der Waals surface area contributed by atoms with Crippen LogP contribution in [-0.2, 0) is 0 Å². The quantitative estimate of drug-likeness (QED) is 0.694. The number of halogens is 1. The van der Waals surface area contributed by atoms with Gasteiger partial charge < -0.3 is 5.32 Å². The molecule has 0 spiro atoms. The first kappa shape index (κ1) is 14.5. The molecule has 1 atom stereocenters. The normalized spacial score (nSPS) is 17.8. The largest absolute Gasteiger partial charge is 0.310 e. The molecule has 2 heteroatoms. The van der Waals surface area contributed by atoms with E-state index in [1.165, 1.54) is 44.1 Å². The molecule has 2 rings (SSSR count). The molecule has 19 heavy (non-hydrogen) atoms. The average molecular weight is 263 g/mol. The zero-order valence-electron chi connectivity index (χ0n) is 12.0. The van der Waals surface area contributed by atoms with Crippen molar-refractivity contribution in [1.82, 2.24) is 5.32 Å². The van der Waals surface area contributed by atoms with Gasteiger partial charge in [0.1, 0.15) is 5.82 Å². The van der Waals surface area contributed by atoms with Crippen molar-refractivity contribution in [3.8, 4) is 0 Å². The smallest absolute Gasteiger partial charge is 0.123 e. The van der Waals surface area contributed by atoms with E-state index in [1.54, 1.807) is 12.1 Å². The molecular weight excluding hydrogens is 237 g/mol. The number of hydrogen-bond donors (Lipinski definition) is 1. The zero-order chi connectivity index (χ0) is 13.5. The van der Waals surface area contributed by atoms with Crippen LogP contribution in [0.2, 0.25) is 0 Å². The molecule has 1 aromatic carbocycles. The molecular formula is C17H26FN. The van der Waals surface area contributed by atoms with E-state index in [2.05, 4.69) is 12.2 Å². The van der Waals surface area contributed by atoms with Gasteiger partial charge in [0.05, 0.1) is 0 Å². The topological polar surface area (TPSA) is 12.0 Å². The predicted molar refractivity (Wildman–Crippen MR) is 78.6 cm³/mol. The fourth-order valence-corrected chi connectivity index (χ4v) is 3.16. The minimum atomic E-state index is -0.153. The number of benzene rings is 1. The fourth-order valence-electron chi connectivity index (χ4n) is 3.16. The van der Waals surface area contributed by atoms with E-state index in [1.807, 2.05) is 12.1 Å². The molecule has 1 aromatic rings. The highest BCUT2D eigenvalue weighted by molar-refractivity contribution is 5.19. The van der Waals surface area contributed by atoms with Crippen LogP contribution < -0.4 is 5.32 Å². The predicted octanol–water partition coefficient (Wildman–Crippen LogP) is 4.84. The Bertz CT molecular complexity index is 354. The van der Waals surface area contributed by atoms with Crippen LogP contribution in [0, 0.1) is 11.7 Å². The molecule has 1 saturated carbocycles. The first-order valence-corrected chi connectivity index (χ1v) is 7.78. The van der Waals surface area contributed by atoms with E-state index in [0.717, 1.165) is 18.9 Å². The average Bonchev–Trinajstić information content (AvgIpc) is 2.93. The lowest BCUT2D eigenvalue weighted by Gasteiger charge is -2.18. The monoisotopic (exact) mass is 263 g/mol. The molecule has 0 amide bonds. The molecule has 1 aliphatic carbocycles. The van der Waals surface area contributed by atoms with Crippen LogP contribution in [0.4, 0.5) is 4.39 Å². The zero-order valence-corrected chi connectivity index (χ0v) is 12.0. The highest BCUT2D eigenvalue weighted by Crippen LogP contribution is 2.28. The summed E-state index contributed by atoms with van der Waals surface area (Å²) < 4.78 is 12.9. The van der Waals surface area contributed by atoms with Gasteiger partial charge in [0.25, 0.3) is 0 Å². The highest BCUT2D eigenvalue weighted by Gasteiger charge is 2.14. The Labute approximate surface area is 116 Å². The van der Waals surface area contributed by atoms with Crippen LogP contribution >= 0.6 is 0 Å². The molecule has 1 unspecified atom stereocenters. The third kappa shape index (κ3) is 4.61. The number of rotatable bonds is 7. The summed E-state index contributed by atoms with van der Waals surface area (Å²) in [4.78, 5) is 0. The van der Waals surface area contributed by atoms with Crippen LogP contribution in [0.15, 0.2) is 24.3 Å². The lowest BCUT2D eigenvalue weighted by molar-refractivity contribution is 0.444. The molecule has 0 aromatic heterocycles. The lowest BCUT2D eigenvalue weighted by atomic mass is 10.0. The van der Waals surface area contributed by atoms with Gasteiger partial charge in [-0.2, -0.15) is 0 Å². The molecule has 1 fully saturated rings. The van der Waals surface area contributed by atoms with Gasteiger partial charge >= 0.3 is 0 Å². The summed E-state index contributed by atoms with van der Waals surface area (Å²) in [5, 5.41) is 3.61. The van der Waals surface area contributed by atoms with Gasteiger partial charge in [-0.25, -0.2) is 4.39 Å². The maximum absolute atomic E-state index is 12.9. The SMILES string of the molecule is CCC(NCCCC1CCCC1)c1ccc(F)cc1. The molecule has 1 nitrogen and oxygen atoms in total. The lowest BCUT2D eigenvalue weighted by Crippen LogP contribution is -2.22. The second-order valence-corrected chi connectivity index (χ2v) is 5.76. The molecule has 1 N–H and O–H groups in total. The van der Waals surface area contributed by atoms with Gasteiger partial charge in [-0.15, -0.1) is 0 Å². The van der Waals surface area contributed by atoms with Crippen molar-refractivity contribution in [2.24, 2.45) is 5.92 Å². The Morgan fingerprint density at radius 1 is 1.21 bits per heavy atom. The van der Waals surface area contributed by atoms with E-state index >= 15 is 0 Å². The van der Waals surface area contributed by atoms with Crippen molar-refractivity contribution in [1.29, 1.82) is 0 Å². The third-order valence-corrected chi connectivity index (χ3v) is 4.34. The summed E-state index contributed by atoms with van der Waals surface area (Å²) in [7, 11) is 0. The Balaban J connectivity index is 1.71. The van der Waals surface area contributed by atoms with Crippen molar-refractivity contribution < 1.29 is 4.39 Å². The van der Waals surface area contributed by atoms with E-state index in [4.69, 9.17) is 0 Å². The Kier molecular flexibility index (Phi) is 5.84. The maximum Gasteiger partial charge on any atom is 0.123 e. The van der Waals surface area contributed by atoms with Gasteiger partial charge in [-0.05, 0) is 49.4 Å². The minimum absolute atomic E-state index is 0.153. The second kappa shape index (κ2) is 7.64. The second-order valence-electron chi connectivity index (χ2n) is 5.76. The standard InChI is InChI=1S/C17H26FN/c1-2-17(15-9-11-16(18)12-10-15)19-13-5-8-14-6-3-4-7-14/h9-12,14,17,19H,2-8,13H2,1H3. The van der Waals surface area contributed by atoms with E-state index in [0.29, 0.717) is 6.04 Å². The number of nitrogens with one attached hydrogen (secondary N) is 1. The summed E-state index contributed by atoms with van der Waals surface area (Å²) in [6.45, 7) is 3.25. The Morgan fingerprint density at radius 3 is 2.53 bits per heavy atom. The van der Waals surface area contributed by atoms with E-state index in [9.17, 15) is 4.39 Å². The first-order chi connectivity index (χ1) is 9.29. The minimum Gasteiger partial charge on any atom is -0.310 e. The molecule has 1 aliphatic rings. The molecule has 0 aliphatic heterocycles. The van der Waals surface area contributed by atoms with Crippen LogP contribution in [0.3, 0.4) is 0 Å². The van der Waals surface area contributed by atoms with Gasteiger partial charge in [0.15, 0.2) is 0 Å². The molecule has 0 radical (unpaired) electrons. The van der Waals surface area contributed by atoms with Crippen LogP contribution in [0.25, 0.3) is 0 Å². The molecule has 106 valence electrons. The molecule has 0 saturated heterocycles. The van der Waals surface area contributed by atoms with Crippen molar-refractivity contribution >= 4 is 0 Å². The van der Waals surface area contributed by atoms with Crippen molar-refractivity contribution in [2.75, 3.05) is 6.54 Å². The summed E-state index contributed by atoms with van der Waals surface area (Å²) in [5.74, 6) is 0.826. The van der Waals surface area contributed by atoms with Crippen LogP contribution in [0.5, 0.6) is 0 Å². The highest BCUT2D eigenvalue weighted by atomic mass is 19.1. The summed E-state index contributed by atoms with van der Waals surface area (Å²) in [6.07, 6.45) is 9.44. The Morgan fingerprint density at radius 2 is 1.89 bits per heavy atom. The summed E-state index contributed by atoms with van der Waals surface area (Å²) in [5.41, 5.74) is 1.20. The van der Waals surface area contributed by atoms with Crippen LogP contribution in [-0.4, -0.2) is 6.54 Å². The third-order valence-electron chi connectivity index (χ3n) is 4.34. The van der Waals surface area contributed by atoms with Crippen molar-refractivity contribution in [2.45, 2.75) is 57.9 Å². The molecule has 0 heterocycles. The number of hydrogen-bond acceptors (Lipinski definition) is 1. The van der Waals surface area contributed by atoms with Gasteiger partial charge in [-0.3, -0.25) is 0 Å². The summed E-state index contributed by atoms with van der Waals surface area (Å²) in [6, 6.07) is 7.27. The maximum atomic E-state index is 12.9. The Hall–Kier alpha value is -0.890. The van der Waals surface area contributed by atoms with Crippen LogP contribution in [0.1, 0.15) is 63.5 Å². The van der Waals surface area contributed by atoms with E-state index < -0.39 is 0 Å². The van der Waals surface area contributed by atoms with E-state index in [-0.39, 0.29) is 5.82 Å². The molecule has 0 bridgehead atoms. The van der Waals surface area contributed by atoms with Gasteiger partial charge in [0, 0.05) is 6.04 Å². The van der Waals surface area contributed by atoms with Crippen molar-refractivity contribution in [3.05, 3.63) is 35.6 Å².